The zero-order valence-corrected chi connectivity index (χ0v) is 22.8. The van der Waals surface area contributed by atoms with E-state index in [1.54, 1.807) is 0 Å². The lowest BCUT2D eigenvalue weighted by Crippen LogP contribution is -2.25. The topological polar surface area (TPSA) is 76.2 Å². The molecular weight excluding hydrogens is 506 g/mol. The van der Waals surface area contributed by atoms with Crippen LogP contribution in [0.4, 0.5) is 0 Å². The number of tetrazole rings is 1. The highest BCUT2D eigenvalue weighted by Gasteiger charge is 2.15. The minimum absolute atomic E-state index is 0.616. The fourth-order valence-corrected chi connectivity index (χ4v) is 6.35. The Labute approximate surface area is 232 Å². The van der Waals surface area contributed by atoms with E-state index >= 15 is 0 Å². The van der Waals surface area contributed by atoms with Crippen LogP contribution in [0.3, 0.4) is 0 Å². The Kier molecular flexibility index (Phi) is 8.12. The third-order valence-corrected chi connectivity index (χ3v) is 8.46. The van der Waals surface area contributed by atoms with Crippen molar-refractivity contribution in [1.82, 2.24) is 25.5 Å². The van der Waals surface area contributed by atoms with Crippen LogP contribution in [0.5, 0.6) is 11.5 Å². The predicted octanol–water partition coefficient (Wildman–Crippen LogP) is 6.16. The second-order valence-electron chi connectivity index (χ2n) is 9.93. The maximum Gasteiger partial charge on any atom is 0.174 e. The Balaban J connectivity index is 1.12. The van der Waals surface area contributed by atoms with E-state index < -0.39 is 0 Å². The third kappa shape index (κ3) is 6.46. The zero-order valence-electron chi connectivity index (χ0n) is 22.0. The SMILES string of the molecule is c1ccc2c(Cc3ccc(OCCCc4nn[nH]n4)cc3)c(-c3ccc(OCCN4CCCC4)cc3)sc2c1. The molecular formula is C31H33N5O2S. The van der Waals surface area contributed by atoms with Gasteiger partial charge in [-0.1, -0.05) is 35.5 Å². The first kappa shape index (κ1) is 25.5. The fourth-order valence-electron chi connectivity index (χ4n) is 5.13. The number of thiophene rings is 1. The van der Waals surface area contributed by atoms with Gasteiger partial charge in [0.1, 0.15) is 18.1 Å². The second-order valence-corrected chi connectivity index (χ2v) is 11.0. The lowest BCUT2D eigenvalue weighted by atomic mass is 9.99. The van der Waals surface area contributed by atoms with E-state index in [1.807, 2.05) is 11.3 Å². The molecule has 2 aromatic heterocycles. The molecule has 0 bridgehead atoms. The summed E-state index contributed by atoms with van der Waals surface area (Å²) >= 11 is 1.86. The number of likely N-dealkylation sites (tertiary alicyclic amines) is 1. The quantitative estimate of drug-likeness (QED) is 0.191. The van der Waals surface area contributed by atoms with Gasteiger partial charge in [-0.05, 0) is 103 Å². The number of aromatic nitrogens is 4. The number of aryl methyl sites for hydroxylation is 1. The molecule has 6 rings (SSSR count). The maximum atomic E-state index is 6.05. The van der Waals surface area contributed by atoms with E-state index in [0.717, 1.165) is 43.9 Å². The normalized spacial score (nSPS) is 13.7. The molecule has 0 saturated carbocycles. The van der Waals surface area contributed by atoms with Crippen molar-refractivity contribution < 1.29 is 9.47 Å². The molecule has 8 heteroatoms. The van der Waals surface area contributed by atoms with Gasteiger partial charge >= 0.3 is 0 Å². The lowest BCUT2D eigenvalue weighted by Gasteiger charge is -2.15. The molecule has 0 aliphatic carbocycles. The van der Waals surface area contributed by atoms with Crippen LogP contribution >= 0.6 is 11.3 Å². The highest BCUT2D eigenvalue weighted by molar-refractivity contribution is 7.22. The summed E-state index contributed by atoms with van der Waals surface area (Å²) in [6.45, 7) is 4.77. The Morgan fingerprint density at radius 3 is 2.36 bits per heavy atom. The van der Waals surface area contributed by atoms with Gasteiger partial charge in [-0.2, -0.15) is 5.21 Å². The Bertz CT molecular complexity index is 1460. The number of hydrogen-bond donors (Lipinski definition) is 1. The highest BCUT2D eigenvalue weighted by Crippen LogP contribution is 2.40. The largest absolute Gasteiger partial charge is 0.494 e. The molecule has 3 heterocycles. The van der Waals surface area contributed by atoms with Gasteiger partial charge in [-0.15, -0.1) is 21.5 Å². The standard InChI is InChI=1S/C31H33N5O2S/c1-2-7-29-27(6-1)28(22-23-9-13-25(14-10-23)37-20-5-8-30-32-34-35-33-30)31(39-29)24-11-15-26(16-12-24)38-21-19-36-17-3-4-18-36/h1-2,6-7,9-16H,3-5,8,17-22H2,(H,32,33,34,35). The van der Waals surface area contributed by atoms with E-state index in [9.17, 15) is 0 Å². The first-order valence-corrected chi connectivity index (χ1v) is 14.5. The van der Waals surface area contributed by atoms with Crippen molar-refractivity contribution in [2.75, 3.05) is 32.8 Å². The summed E-state index contributed by atoms with van der Waals surface area (Å²) < 4.78 is 13.3. The number of rotatable bonds is 12. The van der Waals surface area contributed by atoms with Gasteiger partial charge in [0, 0.05) is 22.5 Å². The molecule has 1 N–H and O–H groups in total. The fraction of sp³-hybridized carbons (Fsp3) is 0.323. The van der Waals surface area contributed by atoms with Crippen LogP contribution in [0.1, 0.15) is 36.2 Å². The molecule has 0 atom stereocenters. The van der Waals surface area contributed by atoms with Gasteiger partial charge in [-0.25, -0.2) is 0 Å². The number of nitrogens with zero attached hydrogens (tertiary/aromatic N) is 4. The van der Waals surface area contributed by atoms with Crippen molar-refractivity contribution in [1.29, 1.82) is 0 Å². The van der Waals surface area contributed by atoms with Crippen LogP contribution in [0.15, 0.2) is 72.8 Å². The van der Waals surface area contributed by atoms with Gasteiger partial charge in [0.25, 0.3) is 0 Å². The van der Waals surface area contributed by atoms with Crippen LogP contribution in [0.2, 0.25) is 0 Å². The molecule has 0 unspecified atom stereocenters. The summed E-state index contributed by atoms with van der Waals surface area (Å²) in [5.74, 6) is 2.53. The van der Waals surface area contributed by atoms with Crippen molar-refractivity contribution in [2.24, 2.45) is 0 Å². The minimum atomic E-state index is 0.616. The number of benzene rings is 3. The summed E-state index contributed by atoms with van der Waals surface area (Å²) in [5, 5.41) is 15.3. The lowest BCUT2D eigenvalue weighted by molar-refractivity contribution is 0.238. The number of fused-ring (bicyclic) bond motifs is 1. The number of H-pyrrole nitrogens is 1. The Morgan fingerprint density at radius 2 is 1.59 bits per heavy atom. The zero-order chi connectivity index (χ0) is 26.3. The second kappa shape index (κ2) is 12.4. The van der Waals surface area contributed by atoms with Crippen LogP contribution in [0, 0.1) is 0 Å². The van der Waals surface area contributed by atoms with Crippen LogP contribution in [0.25, 0.3) is 20.5 Å². The van der Waals surface area contributed by atoms with E-state index in [2.05, 4.69) is 98.3 Å². The van der Waals surface area contributed by atoms with E-state index in [4.69, 9.17) is 9.47 Å². The molecule has 0 radical (unpaired) electrons. The molecule has 1 aliphatic rings. The minimum Gasteiger partial charge on any atom is -0.494 e. The molecule has 5 aromatic rings. The molecule has 0 spiro atoms. The Morgan fingerprint density at radius 1 is 0.846 bits per heavy atom. The highest BCUT2D eigenvalue weighted by atomic mass is 32.1. The summed E-state index contributed by atoms with van der Waals surface area (Å²) in [7, 11) is 0. The summed E-state index contributed by atoms with van der Waals surface area (Å²) in [6.07, 6.45) is 5.08. The van der Waals surface area contributed by atoms with Crippen molar-refractivity contribution in [2.45, 2.75) is 32.1 Å². The molecule has 1 fully saturated rings. The van der Waals surface area contributed by atoms with Gasteiger partial charge in [-0.3, -0.25) is 4.90 Å². The monoisotopic (exact) mass is 539 g/mol. The summed E-state index contributed by atoms with van der Waals surface area (Å²) in [4.78, 5) is 3.80. The molecule has 7 nitrogen and oxygen atoms in total. The van der Waals surface area contributed by atoms with E-state index in [-0.39, 0.29) is 0 Å². The molecule has 200 valence electrons. The molecule has 3 aromatic carbocycles. The molecule has 39 heavy (non-hydrogen) atoms. The van der Waals surface area contributed by atoms with Crippen LogP contribution in [-0.2, 0) is 12.8 Å². The first-order valence-electron chi connectivity index (χ1n) is 13.7. The van der Waals surface area contributed by atoms with E-state index in [1.165, 1.54) is 57.6 Å². The maximum absolute atomic E-state index is 6.05. The van der Waals surface area contributed by atoms with Crippen LogP contribution < -0.4 is 9.47 Å². The van der Waals surface area contributed by atoms with Gasteiger partial charge in [0.2, 0.25) is 0 Å². The van der Waals surface area contributed by atoms with Crippen molar-refractivity contribution >= 4 is 21.4 Å². The number of ether oxygens (including phenoxy) is 2. The molecule has 1 aliphatic heterocycles. The van der Waals surface area contributed by atoms with Crippen LogP contribution in [-0.4, -0.2) is 58.4 Å². The average Bonchev–Trinajstić information content (AvgIpc) is 3.75. The third-order valence-electron chi connectivity index (χ3n) is 7.20. The average molecular weight is 540 g/mol. The predicted molar refractivity (Wildman–Crippen MR) is 156 cm³/mol. The van der Waals surface area contributed by atoms with Crippen molar-refractivity contribution in [3.63, 3.8) is 0 Å². The molecule has 0 amide bonds. The number of nitrogens with one attached hydrogen (secondary N) is 1. The summed E-state index contributed by atoms with van der Waals surface area (Å²) in [5.41, 5.74) is 3.87. The van der Waals surface area contributed by atoms with Crippen molar-refractivity contribution in [3.8, 4) is 21.9 Å². The van der Waals surface area contributed by atoms with E-state index in [0.29, 0.717) is 12.4 Å². The summed E-state index contributed by atoms with van der Waals surface area (Å²) in [6, 6.07) is 25.8. The first-order chi connectivity index (χ1) is 19.3. The Hall–Kier alpha value is -3.75. The smallest absolute Gasteiger partial charge is 0.174 e. The molecule has 1 saturated heterocycles. The van der Waals surface area contributed by atoms with Gasteiger partial charge in [0.05, 0.1) is 6.61 Å². The van der Waals surface area contributed by atoms with Crippen molar-refractivity contribution in [3.05, 3.63) is 89.7 Å². The number of hydrogen-bond acceptors (Lipinski definition) is 7. The van der Waals surface area contributed by atoms with Gasteiger partial charge < -0.3 is 9.47 Å². The number of aromatic amines is 1. The van der Waals surface area contributed by atoms with Gasteiger partial charge in [0.15, 0.2) is 5.82 Å².